The van der Waals surface area contributed by atoms with Crippen molar-refractivity contribution in [1.29, 1.82) is 0 Å². The molecule has 0 aliphatic heterocycles. The minimum absolute atomic E-state index is 0. The molecule has 2 aromatic carbocycles. The number of carbonyl (C=O) groups is 2. The van der Waals surface area contributed by atoms with Crippen LogP contribution in [-0.2, 0) is 63.1 Å². The van der Waals surface area contributed by atoms with Gasteiger partial charge in [-0.3, -0.25) is 20.2 Å². The Morgan fingerprint density at radius 1 is 0.667 bits per heavy atom. The van der Waals surface area contributed by atoms with Crippen molar-refractivity contribution in [2.45, 2.75) is 9.79 Å². The quantitative estimate of drug-likeness (QED) is 0.105. The number of para-hydroxylation sites is 2. The van der Waals surface area contributed by atoms with Gasteiger partial charge in [0.05, 0.1) is 34.9 Å². The number of carbonyl (C=O) groups excluding carboxylic acids is 2. The average Bonchev–Trinajstić information content (AvgIpc) is 2.77. The zero-order chi connectivity index (χ0) is 26.1. The molecule has 39 heavy (non-hydrogen) atoms. The smallest absolute Gasteiger partial charge is 0.549 e. The van der Waals surface area contributed by atoms with Gasteiger partial charge in [0, 0.05) is 12.1 Å². The summed E-state index contributed by atoms with van der Waals surface area (Å²) in [5, 5.41) is 41.4. The Kier molecular flexibility index (Phi) is 22.6. The summed E-state index contributed by atoms with van der Waals surface area (Å²) >= 11 is 0. The summed E-state index contributed by atoms with van der Waals surface area (Å²) in [4.78, 5) is 38.5. The molecule has 0 aliphatic carbocycles. The van der Waals surface area contributed by atoms with Crippen molar-refractivity contribution in [3.63, 3.8) is 0 Å². The third-order valence-corrected chi connectivity index (χ3v) is 6.41. The summed E-state index contributed by atoms with van der Waals surface area (Å²) < 4.78 is 49.6. The van der Waals surface area contributed by atoms with E-state index >= 15 is 0 Å². The van der Waals surface area contributed by atoms with Crippen LogP contribution in [0.1, 0.15) is 0 Å². The van der Waals surface area contributed by atoms with Gasteiger partial charge in [0.2, 0.25) is 20.0 Å². The molecule has 2 aromatic rings. The number of sulfonamides is 2. The molecule has 0 saturated carbocycles. The number of rotatable bonds is 10. The van der Waals surface area contributed by atoms with E-state index in [-0.39, 0.29) is 39.0 Å². The number of hydrogen-bond donors (Lipinski definition) is 2. The van der Waals surface area contributed by atoms with Crippen molar-refractivity contribution in [3.8, 4) is 0 Å². The van der Waals surface area contributed by atoms with E-state index in [9.17, 15) is 56.9 Å². The second-order valence-electron chi connectivity index (χ2n) is 5.84. The molecule has 0 atom stereocenters. The number of carboxylic acids is 2. The topological polar surface area (TPSA) is 389 Å². The predicted molar refractivity (Wildman–Crippen MR) is 125 cm³/mol. The van der Waals surface area contributed by atoms with Crippen molar-refractivity contribution in [2.24, 2.45) is 0 Å². The summed E-state index contributed by atoms with van der Waals surface area (Å²) in [6, 6.07) is 9.22. The number of carboxylic acid groups (broad SMARTS) is 2. The summed E-state index contributed by atoms with van der Waals surface area (Å²) in [7, 11) is -8.49. The molecule has 0 spiro atoms. The fraction of sp³-hybridized carbons (Fsp3) is 0.125. The van der Waals surface area contributed by atoms with Gasteiger partial charge in [0.15, 0.2) is 9.79 Å². The van der Waals surface area contributed by atoms with Gasteiger partial charge in [-0.15, -0.1) is 0 Å². The molecule has 1 radical (unpaired) electrons. The monoisotopic (exact) mass is 648 g/mol. The van der Waals surface area contributed by atoms with Crippen molar-refractivity contribution >= 4 is 43.4 Å². The molecule has 0 amide bonds. The summed E-state index contributed by atoms with van der Waals surface area (Å²) in [6.07, 6.45) is 0. The van der Waals surface area contributed by atoms with Crippen molar-refractivity contribution in [3.05, 3.63) is 68.8 Å². The van der Waals surface area contributed by atoms with Crippen molar-refractivity contribution < 1.29 is 85.5 Å². The van der Waals surface area contributed by atoms with Crippen LogP contribution in [0.15, 0.2) is 58.3 Å². The van der Waals surface area contributed by atoms with E-state index in [0.717, 1.165) is 24.3 Å². The molecular weight excluding hydrogens is 623 g/mol. The molecular formula is C16H25MnN4O16S2+3. The van der Waals surface area contributed by atoms with Crippen LogP contribution in [0.25, 0.3) is 0 Å². The Hall–Kier alpha value is -3.64. The maximum Gasteiger partial charge on any atom is 2.00 e. The van der Waals surface area contributed by atoms with Crippen LogP contribution >= 0.6 is 0 Å². The van der Waals surface area contributed by atoms with E-state index in [1.54, 1.807) is 9.44 Å². The summed E-state index contributed by atoms with van der Waals surface area (Å²) in [5.41, 5.74) is -1.25. The van der Waals surface area contributed by atoms with E-state index in [4.69, 9.17) is 0 Å². The van der Waals surface area contributed by atoms with Gasteiger partial charge in [0.1, 0.15) is 0 Å². The second-order valence-corrected chi connectivity index (χ2v) is 9.31. The number of nitro groups is 2. The molecule has 0 aromatic heterocycles. The van der Waals surface area contributed by atoms with Gasteiger partial charge in [-0.2, -0.15) is 0 Å². The molecule has 0 aliphatic rings. The van der Waals surface area contributed by atoms with Gasteiger partial charge in [-0.05, 0) is 12.1 Å². The second kappa shape index (κ2) is 19.4. The van der Waals surface area contributed by atoms with Crippen LogP contribution in [0.3, 0.4) is 0 Å². The Bertz CT molecular complexity index is 1220. The molecule has 0 bridgehead atoms. The molecule has 0 unspecified atom stereocenters. The van der Waals surface area contributed by atoms with Gasteiger partial charge in [-0.25, -0.2) is 26.3 Å². The first-order valence-corrected chi connectivity index (χ1v) is 11.5. The van der Waals surface area contributed by atoms with E-state index in [0.29, 0.717) is 0 Å². The fourth-order valence-electron chi connectivity index (χ4n) is 2.13. The largest absolute Gasteiger partial charge is 2.00 e. The molecule has 221 valence electrons. The zero-order valence-corrected chi connectivity index (χ0v) is 22.1. The van der Waals surface area contributed by atoms with E-state index in [1.807, 2.05) is 0 Å². The van der Waals surface area contributed by atoms with Crippen LogP contribution < -0.4 is 19.7 Å². The Labute approximate surface area is 229 Å². The normalized spacial score (nSPS) is 9.64. The molecule has 0 heterocycles. The van der Waals surface area contributed by atoms with Crippen LogP contribution in [0, 0.1) is 20.2 Å². The van der Waals surface area contributed by atoms with Crippen LogP contribution in [0.5, 0.6) is 0 Å². The summed E-state index contributed by atoms with van der Waals surface area (Å²) in [6.45, 7) is -1.90. The number of aliphatic carboxylic acids is 2. The van der Waals surface area contributed by atoms with Gasteiger partial charge in [0.25, 0.3) is 11.4 Å². The zero-order valence-electron chi connectivity index (χ0n) is 19.3. The third-order valence-electron chi connectivity index (χ3n) is 3.52. The van der Waals surface area contributed by atoms with Gasteiger partial charge in [-0.1, -0.05) is 24.3 Å². The van der Waals surface area contributed by atoms with Crippen LogP contribution in [0.4, 0.5) is 11.4 Å². The van der Waals surface area contributed by atoms with Gasteiger partial charge < -0.3 is 41.7 Å². The number of benzene rings is 2. The van der Waals surface area contributed by atoms with E-state index in [2.05, 4.69) is 0 Å². The number of nitrogens with zero attached hydrogens (tertiary/aromatic N) is 2. The maximum absolute atomic E-state index is 11.6. The van der Waals surface area contributed by atoms with Crippen LogP contribution in [-0.4, -0.2) is 57.2 Å². The first-order valence-electron chi connectivity index (χ1n) is 8.55. The first-order chi connectivity index (χ1) is 15.7. The molecule has 0 saturated heterocycles. The fourth-order valence-corrected chi connectivity index (χ4v) is 4.41. The maximum atomic E-state index is 11.6. The van der Waals surface area contributed by atoms with Crippen molar-refractivity contribution in [2.75, 3.05) is 13.1 Å². The Balaban J connectivity index is -0.000000175. The molecule has 23 heteroatoms. The number of nitro benzene ring substituents is 2. The average molecular weight is 648 g/mol. The third kappa shape index (κ3) is 14.2. The van der Waals surface area contributed by atoms with Crippen LogP contribution in [0.2, 0.25) is 0 Å². The standard InChI is InChI=1S/2C8H8N2O6S.Mn.4H2O/c2*11-8(12)5-9-17(15,16)7-4-2-1-3-6(7)10(13)14;;;;;/h2*1-4,9H,5H2,(H,11,12);;4*1H2/q;;+2;;;;/p+1. The van der Waals surface area contributed by atoms with Crippen molar-refractivity contribution in [1.82, 2.24) is 9.44 Å². The number of hydrogen-bond acceptors (Lipinski definition) is 12. The minimum atomic E-state index is -4.24. The Morgan fingerprint density at radius 2 is 0.923 bits per heavy atom. The first kappa shape index (κ1) is 45.3. The number of nitrogens with one attached hydrogen (secondary N) is 2. The molecule has 0 fully saturated rings. The molecule has 13 N–H and O–H groups in total. The summed E-state index contributed by atoms with van der Waals surface area (Å²) in [5.74, 6) is -3.26. The molecule has 20 nitrogen and oxygen atoms in total. The van der Waals surface area contributed by atoms with E-state index < -0.39 is 76.1 Å². The Morgan fingerprint density at radius 3 is 1.15 bits per heavy atom. The minimum Gasteiger partial charge on any atom is -0.549 e. The van der Waals surface area contributed by atoms with E-state index in [1.165, 1.54) is 24.3 Å². The predicted octanol–water partition coefficient (Wildman–Crippen LogP) is -6.35. The SMILES string of the molecule is O.O=C([O-])CNS(=O)(=O)c1ccccc1[N+](=O)[O-].O=C([O-])CNS(=O)(=O)c1ccccc1[N+](=O)[O-].[Mn+2].[OH3+].[OH3+].[OH3+]. The molecule has 2 rings (SSSR count). The van der Waals surface area contributed by atoms with Gasteiger partial charge >= 0.3 is 17.1 Å².